The van der Waals surface area contributed by atoms with Gasteiger partial charge < -0.3 is 15.4 Å². The topological polar surface area (TPSA) is 62.7 Å². The van der Waals surface area contributed by atoms with E-state index < -0.39 is 0 Å². The Morgan fingerprint density at radius 1 is 1.39 bits per heavy atom. The van der Waals surface area contributed by atoms with Gasteiger partial charge in [0.15, 0.2) is 5.96 Å². The summed E-state index contributed by atoms with van der Waals surface area (Å²) in [7, 11) is 1.39. The molecular formula is C16H25ClIN3O2. The fourth-order valence-electron chi connectivity index (χ4n) is 1.86. The Balaban J connectivity index is 0.00000484. The Kier molecular flexibility index (Phi) is 11.9. The predicted octanol–water partition coefficient (Wildman–Crippen LogP) is 2.86. The van der Waals surface area contributed by atoms with Crippen LogP contribution >= 0.6 is 35.6 Å². The number of halogens is 2. The van der Waals surface area contributed by atoms with Crippen LogP contribution in [0.5, 0.6) is 0 Å². The molecule has 2 N–H and O–H groups in total. The van der Waals surface area contributed by atoms with Crippen LogP contribution in [-0.2, 0) is 16.0 Å². The first-order chi connectivity index (χ1) is 10.6. The zero-order valence-corrected chi connectivity index (χ0v) is 16.9. The largest absolute Gasteiger partial charge is 0.469 e. The molecular weight excluding hydrogens is 429 g/mol. The molecule has 0 aliphatic carbocycles. The van der Waals surface area contributed by atoms with Gasteiger partial charge in [-0.05, 0) is 31.0 Å². The van der Waals surface area contributed by atoms with Crippen LogP contribution in [-0.4, -0.2) is 38.7 Å². The van der Waals surface area contributed by atoms with Crippen LogP contribution in [0.4, 0.5) is 0 Å². The maximum atomic E-state index is 11.4. The summed E-state index contributed by atoms with van der Waals surface area (Å²) in [5.74, 6) is 0.187. The third-order valence-corrected chi connectivity index (χ3v) is 3.30. The van der Waals surface area contributed by atoms with Gasteiger partial charge in [-0.25, -0.2) is 0 Å². The number of aliphatic imine (C=N–C) groups is 1. The van der Waals surface area contributed by atoms with Crippen LogP contribution in [0, 0.1) is 5.92 Å². The molecule has 0 saturated carbocycles. The van der Waals surface area contributed by atoms with Crippen molar-refractivity contribution in [3.05, 3.63) is 34.9 Å². The van der Waals surface area contributed by atoms with Crippen molar-refractivity contribution in [2.24, 2.45) is 10.9 Å². The minimum atomic E-state index is -0.256. The molecule has 1 atom stereocenters. The second-order valence-corrected chi connectivity index (χ2v) is 5.39. The van der Waals surface area contributed by atoms with Gasteiger partial charge in [-0.1, -0.05) is 30.7 Å². The number of hydrogen-bond donors (Lipinski definition) is 2. The van der Waals surface area contributed by atoms with E-state index in [0.717, 1.165) is 24.5 Å². The van der Waals surface area contributed by atoms with Gasteiger partial charge in [0.2, 0.25) is 0 Å². The molecule has 5 nitrogen and oxygen atoms in total. The number of rotatable bonds is 7. The van der Waals surface area contributed by atoms with Gasteiger partial charge in [0.05, 0.1) is 19.6 Å². The lowest BCUT2D eigenvalue weighted by molar-refractivity contribution is -0.144. The van der Waals surface area contributed by atoms with Crippen LogP contribution in [0.25, 0.3) is 0 Å². The number of esters is 1. The number of hydrogen-bond acceptors (Lipinski definition) is 3. The monoisotopic (exact) mass is 453 g/mol. The number of nitrogens with zero attached hydrogens (tertiary/aromatic N) is 1. The summed E-state index contributed by atoms with van der Waals surface area (Å²) >= 11 is 5.96. The quantitative estimate of drug-likeness (QED) is 0.288. The van der Waals surface area contributed by atoms with E-state index in [1.54, 1.807) is 6.92 Å². The van der Waals surface area contributed by atoms with Crippen LogP contribution < -0.4 is 10.6 Å². The summed E-state index contributed by atoms with van der Waals surface area (Å²) in [6.45, 7) is 5.68. The molecule has 0 radical (unpaired) electrons. The first-order valence-corrected chi connectivity index (χ1v) is 7.79. The number of carbonyl (C=O) groups excluding carboxylic acids is 1. The molecule has 0 spiro atoms. The van der Waals surface area contributed by atoms with Gasteiger partial charge >= 0.3 is 5.97 Å². The van der Waals surface area contributed by atoms with E-state index in [1.807, 2.05) is 31.2 Å². The third kappa shape index (κ3) is 9.00. The van der Waals surface area contributed by atoms with Crippen LogP contribution in [0.3, 0.4) is 0 Å². The highest BCUT2D eigenvalue weighted by molar-refractivity contribution is 14.0. The highest BCUT2D eigenvalue weighted by Gasteiger charge is 2.12. The minimum Gasteiger partial charge on any atom is -0.469 e. The highest BCUT2D eigenvalue weighted by Crippen LogP contribution is 2.10. The van der Waals surface area contributed by atoms with E-state index in [0.29, 0.717) is 12.5 Å². The first-order valence-electron chi connectivity index (χ1n) is 7.41. The van der Waals surface area contributed by atoms with Crippen molar-refractivity contribution in [2.45, 2.75) is 20.3 Å². The van der Waals surface area contributed by atoms with Gasteiger partial charge in [0, 0.05) is 18.1 Å². The number of guanidine groups is 1. The van der Waals surface area contributed by atoms with Crippen molar-refractivity contribution in [1.82, 2.24) is 10.6 Å². The average molecular weight is 454 g/mol. The van der Waals surface area contributed by atoms with Crippen molar-refractivity contribution in [2.75, 3.05) is 26.7 Å². The smallest absolute Gasteiger partial charge is 0.310 e. The molecule has 1 unspecified atom stereocenters. The second-order valence-electron chi connectivity index (χ2n) is 4.95. The lowest BCUT2D eigenvalue weighted by Crippen LogP contribution is -2.38. The SMILES string of the molecule is CCNC(=NCC(C)C(=O)OC)NCCc1cccc(Cl)c1.I. The number of carbonyl (C=O) groups is 1. The summed E-state index contributed by atoms with van der Waals surface area (Å²) in [5, 5.41) is 7.14. The maximum absolute atomic E-state index is 11.4. The van der Waals surface area contributed by atoms with E-state index in [9.17, 15) is 4.79 Å². The Labute approximate surface area is 160 Å². The van der Waals surface area contributed by atoms with Gasteiger partial charge in [-0.2, -0.15) is 0 Å². The second kappa shape index (κ2) is 12.4. The van der Waals surface area contributed by atoms with Gasteiger partial charge in [0.25, 0.3) is 0 Å². The Morgan fingerprint density at radius 2 is 2.13 bits per heavy atom. The van der Waals surface area contributed by atoms with Crippen molar-refractivity contribution in [1.29, 1.82) is 0 Å². The molecule has 0 fully saturated rings. The minimum absolute atomic E-state index is 0. The lowest BCUT2D eigenvalue weighted by Gasteiger charge is -2.12. The van der Waals surface area contributed by atoms with Crippen molar-refractivity contribution < 1.29 is 9.53 Å². The van der Waals surface area contributed by atoms with Crippen molar-refractivity contribution in [3.8, 4) is 0 Å². The molecule has 130 valence electrons. The number of methoxy groups -OCH3 is 1. The number of benzene rings is 1. The van der Waals surface area contributed by atoms with Crippen molar-refractivity contribution in [3.63, 3.8) is 0 Å². The predicted molar refractivity (Wildman–Crippen MR) is 106 cm³/mol. The summed E-state index contributed by atoms with van der Waals surface area (Å²) in [6.07, 6.45) is 0.845. The molecule has 0 aliphatic heterocycles. The Bertz CT molecular complexity index is 512. The van der Waals surface area contributed by atoms with Crippen LogP contribution in [0.2, 0.25) is 5.02 Å². The molecule has 0 saturated heterocycles. The molecule has 1 aromatic rings. The van der Waals surface area contributed by atoms with Crippen LogP contribution in [0.1, 0.15) is 19.4 Å². The standard InChI is InChI=1S/C16H24ClN3O2.HI/c1-4-18-16(20-11-12(2)15(21)22-3)19-9-8-13-6-5-7-14(17)10-13;/h5-7,10,12H,4,8-9,11H2,1-3H3,(H2,18,19,20);1H. The van der Waals surface area contributed by atoms with Crippen molar-refractivity contribution >= 4 is 47.5 Å². The third-order valence-electron chi connectivity index (χ3n) is 3.07. The molecule has 23 heavy (non-hydrogen) atoms. The zero-order chi connectivity index (χ0) is 16.4. The van der Waals surface area contributed by atoms with Gasteiger partial charge in [-0.15, -0.1) is 24.0 Å². The normalized spacial score (nSPS) is 12.1. The fraction of sp³-hybridized carbons (Fsp3) is 0.500. The summed E-state index contributed by atoms with van der Waals surface area (Å²) < 4.78 is 4.69. The molecule has 0 aliphatic rings. The summed E-state index contributed by atoms with van der Waals surface area (Å²) in [5.41, 5.74) is 1.17. The van der Waals surface area contributed by atoms with Gasteiger partial charge in [-0.3, -0.25) is 9.79 Å². The molecule has 0 bridgehead atoms. The fourth-order valence-corrected chi connectivity index (χ4v) is 2.08. The van der Waals surface area contributed by atoms with E-state index in [4.69, 9.17) is 16.3 Å². The molecule has 1 rings (SSSR count). The van der Waals surface area contributed by atoms with E-state index in [-0.39, 0.29) is 35.9 Å². The van der Waals surface area contributed by atoms with E-state index >= 15 is 0 Å². The molecule has 1 aromatic carbocycles. The van der Waals surface area contributed by atoms with Crippen LogP contribution in [0.15, 0.2) is 29.3 Å². The number of ether oxygens (including phenoxy) is 1. The summed E-state index contributed by atoms with van der Waals surface area (Å²) in [6, 6.07) is 7.79. The maximum Gasteiger partial charge on any atom is 0.310 e. The zero-order valence-electron chi connectivity index (χ0n) is 13.8. The molecule has 7 heteroatoms. The Hall–Kier alpha value is -1.02. The van der Waals surface area contributed by atoms with Gasteiger partial charge in [0.1, 0.15) is 0 Å². The molecule has 0 heterocycles. The summed E-state index contributed by atoms with van der Waals surface area (Å²) in [4.78, 5) is 15.8. The van der Waals surface area contributed by atoms with E-state index in [2.05, 4.69) is 15.6 Å². The number of nitrogens with one attached hydrogen (secondary N) is 2. The first kappa shape index (κ1) is 22.0. The van der Waals surface area contributed by atoms with E-state index in [1.165, 1.54) is 12.7 Å². The highest BCUT2D eigenvalue weighted by atomic mass is 127. The Morgan fingerprint density at radius 3 is 2.74 bits per heavy atom. The molecule has 0 aromatic heterocycles. The molecule has 0 amide bonds. The lowest BCUT2D eigenvalue weighted by atomic mass is 10.1. The average Bonchev–Trinajstić information content (AvgIpc) is 2.51.